The van der Waals surface area contributed by atoms with Crippen LogP contribution in [0.3, 0.4) is 0 Å². The Hall–Kier alpha value is -4.49. The number of amides is 1. The van der Waals surface area contributed by atoms with Crippen molar-refractivity contribution >= 4 is 38.4 Å². The van der Waals surface area contributed by atoms with Gasteiger partial charge < -0.3 is 9.32 Å². The Kier molecular flexibility index (Phi) is 8.38. The minimum Gasteiger partial charge on any atom is -0.455 e. The standard InChI is InChI=1S/C33H32FN3O5S/c1-4-29(38)31-27-17-26(24-6-5-7-25(16-24)33(39)36-14-12-22(19-35)20-36)28(37(15-13-34)43(3,40)41)18-30(27)42-32(31)23-10-8-21(2)9-11-23/h5-11,16-18,22H,4,12-15,20H2,1-3H3/t22-/m0/s1. The molecule has 0 radical (unpaired) electrons. The summed E-state index contributed by atoms with van der Waals surface area (Å²) < 4.78 is 46.8. The van der Waals surface area contributed by atoms with E-state index in [0.717, 1.165) is 16.1 Å². The molecule has 2 heterocycles. The second-order valence-electron chi connectivity index (χ2n) is 10.8. The van der Waals surface area contributed by atoms with Crippen LogP contribution < -0.4 is 4.31 Å². The number of ketones is 1. The van der Waals surface area contributed by atoms with Crippen LogP contribution in [0, 0.1) is 24.2 Å². The molecular formula is C33H32FN3O5S. The van der Waals surface area contributed by atoms with E-state index in [9.17, 15) is 27.7 Å². The predicted octanol–water partition coefficient (Wildman–Crippen LogP) is 6.39. The molecule has 1 saturated heterocycles. The Morgan fingerprint density at radius 3 is 2.49 bits per heavy atom. The van der Waals surface area contributed by atoms with Gasteiger partial charge in [0.25, 0.3) is 5.91 Å². The molecule has 10 heteroatoms. The van der Waals surface area contributed by atoms with E-state index in [4.69, 9.17) is 4.42 Å². The maximum absolute atomic E-state index is 13.7. The number of sulfonamides is 1. The van der Waals surface area contributed by atoms with Crippen molar-refractivity contribution in [2.24, 2.45) is 5.92 Å². The van der Waals surface area contributed by atoms with E-state index in [2.05, 4.69) is 6.07 Å². The normalized spacial score (nSPS) is 15.0. The van der Waals surface area contributed by atoms with Crippen LogP contribution in [0.25, 0.3) is 33.4 Å². The van der Waals surface area contributed by atoms with Gasteiger partial charge in [-0.15, -0.1) is 0 Å². The molecule has 8 nitrogen and oxygen atoms in total. The van der Waals surface area contributed by atoms with Gasteiger partial charge >= 0.3 is 0 Å². The van der Waals surface area contributed by atoms with Crippen molar-refractivity contribution in [1.29, 1.82) is 5.26 Å². The van der Waals surface area contributed by atoms with Gasteiger partial charge in [0.05, 0.1) is 36.0 Å². The highest BCUT2D eigenvalue weighted by molar-refractivity contribution is 7.92. The number of carbonyl (C=O) groups is 2. The Balaban J connectivity index is 1.75. The number of hydrogen-bond donors (Lipinski definition) is 0. The van der Waals surface area contributed by atoms with Crippen molar-refractivity contribution in [2.45, 2.75) is 26.7 Å². The zero-order valence-electron chi connectivity index (χ0n) is 24.3. The molecule has 1 aromatic heterocycles. The first-order chi connectivity index (χ1) is 20.5. The van der Waals surface area contributed by atoms with Crippen LogP contribution in [0.1, 0.15) is 46.0 Å². The lowest BCUT2D eigenvalue weighted by atomic mass is 9.95. The maximum Gasteiger partial charge on any atom is 0.253 e. The molecule has 1 aliphatic rings. The lowest BCUT2D eigenvalue weighted by Gasteiger charge is -2.24. The highest BCUT2D eigenvalue weighted by Crippen LogP contribution is 2.42. The maximum atomic E-state index is 13.7. The average Bonchev–Trinajstić information content (AvgIpc) is 3.63. The number of Topliss-reactive ketones (excluding diaryl/α,β-unsaturated/α-hetero) is 1. The van der Waals surface area contributed by atoms with E-state index in [1.54, 1.807) is 42.2 Å². The number of likely N-dealkylation sites (tertiary alicyclic amines) is 1. The average molecular weight is 602 g/mol. The predicted molar refractivity (Wildman–Crippen MR) is 164 cm³/mol. The van der Waals surface area contributed by atoms with Gasteiger partial charge in [0.15, 0.2) is 5.78 Å². The summed E-state index contributed by atoms with van der Waals surface area (Å²) in [5, 5.41) is 9.76. The number of aryl methyl sites for hydroxylation is 1. The van der Waals surface area contributed by atoms with E-state index in [0.29, 0.717) is 58.5 Å². The quantitative estimate of drug-likeness (QED) is 0.206. The van der Waals surface area contributed by atoms with Crippen LogP contribution in [0.15, 0.2) is 65.1 Å². The highest BCUT2D eigenvalue weighted by Gasteiger charge is 2.29. The van der Waals surface area contributed by atoms with Crippen molar-refractivity contribution in [2.75, 3.05) is 36.9 Å². The first-order valence-electron chi connectivity index (χ1n) is 14.1. The van der Waals surface area contributed by atoms with Gasteiger partial charge in [-0.3, -0.25) is 13.9 Å². The van der Waals surface area contributed by atoms with Gasteiger partial charge in [-0.2, -0.15) is 5.26 Å². The highest BCUT2D eigenvalue weighted by atomic mass is 32.2. The van der Waals surface area contributed by atoms with Gasteiger partial charge in [-0.25, -0.2) is 12.8 Å². The van der Waals surface area contributed by atoms with E-state index >= 15 is 0 Å². The molecule has 0 saturated carbocycles. The molecule has 0 aliphatic carbocycles. The van der Waals surface area contributed by atoms with Gasteiger partial charge in [-0.1, -0.05) is 48.9 Å². The Morgan fingerprint density at radius 1 is 1.12 bits per heavy atom. The third kappa shape index (κ3) is 5.90. The number of furan rings is 1. The molecule has 1 atom stereocenters. The third-order valence-electron chi connectivity index (χ3n) is 7.76. The molecule has 0 bridgehead atoms. The van der Waals surface area contributed by atoms with E-state index in [-0.39, 0.29) is 35.3 Å². The number of alkyl halides is 1. The van der Waals surface area contributed by atoms with Gasteiger partial charge in [0.1, 0.15) is 18.0 Å². The number of hydrogen-bond acceptors (Lipinski definition) is 6. The number of benzene rings is 3. The molecule has 5 rings (SSSR count). The first kappa shape index (κ1) is 30.0. The van der Waals surface area contributed by atoms with Gasteiger partial charge in [0.2, 0.25) is 10.0 Å². The van der Waals surface area contributed by atoms with Crippen LogP contribution in [-0.4, -0.2) is 57.6 Å². The monoisotopic (exact) mass is 601 g/mol. The minimum absolute atomic E-state index is 0.151. The van der Waals surface area contributed by atoms with Crippen LogP contribution in [0.2, 0.25) is 0 Å². The largest absolute Gasteiger partial charge is 0.455 e. The second-order valence-corrected chi connectivity index (χ2v) is 12.7. The molecule has 1 aliphatic heterocycles. The fourth-order valence-corrected chi connectivity index (χ4v) is 6.43. The fraction of sp³-hybridized carbons (Fsp3) is 0.303. The number of nitriles is 1. The molecule has 43 heavy (non-hydrogen) atoms. The summed E-state index contributed by atoms with van der Waals surface area (Å²) in [6, 6.07) is 19.7. The molecule has 1 fully saturated rings. The smallest absolute Gasteiger partial charge is 0.253 e. The Bertz CT molecular complexity index is 1860. The first-order valence-corrected chi connectivity index (χ1v) is 15.9. The van der Waals surface area contributed by atoms with E-state index in [1.165, 1.54) is 6.07 Å². The van der Waals surface area contributed by atoms with E-state index in [1.807, 2.05) is 31.2 Å². The lowest BCUT2D eigenvalue weighted by Crippen LogP contribution is -2.32. The van der Waals surface area contributed by atoms with Gasteiger partial charge in [-0.05, 0) is 37.1 Å². The van der Waals surface area contributed by atoms with Gasteiger partial charge in [0, 0.05) is 47.7 Å². The van der Waals surface area contributed by atoms with Crippen molar-refractivity contribution in [3.05, 3.63) is 77.4 Å². The summed E-state index contributed by atoms with van der Waals surface area (Å²) in [5.41, 5.74) is 3.84. The summed E-state index contributed by atoms with van der Waals surface area (Å²) in [7, 11) is -3.93. The van der Waals surface area contributed by atoms with Crippen molar-refractivity contribution in [3.8, 4) is 28.5 Å². The van der Waals surface area contributed by atoms with Crippen LogP contribution >= 0.6 is 0 Å². The number of fused-ring (bicyclic) bond motifs is 1. The summed E-state index contributed by atoms with van der Waals surface area (Å²) in [4.78, 5) is 28.3. The number of anilines is 1. The Labute approximate surface area is 250 Å². The SMILES string of the molecule is CCC(=O)c1c(-c2ccc(C)cc2)oc2cc(N(CCF)S(C)(=O)=O)c(-c3cccc(C(=O)N4CC[C@@H](C#N)C4)c3)cc12. The molecule has 3 aromatic carbocycles. The third-order valence-corrected chi connectivity index (χ3v) is 8.94. The Morgan fingerprint density at radius 2 is 1.86 bits per heavy atom. The topological polar surface area (TPSA) is 112 Å². The summed E-state index contributed by atoms with van der Waals surface area (Å²) in [6.45, 7) is 3.17. The zero-order valence-corrected chi connectivity index (χ0v) is 25.1. The van der Waals surface area contributed by atoms with E-state index < -0.39 is 23.2 Å². The van der Waals surface area contributed by atoms with Crippen LogP contribution in [0.5, 0.6) is 0 Å². The number of nitrogens with zero attached hydrogens (tertiary/aromatic N) is 3. The summed E-state index contributed by atoms with van der Waals surface area (Å²) in [6.07, 6.45) is 1.82. The number of rotatable bonds is 9. The summed E-state index contributed by atoms with van der Waals surface area (Å²) in [5.74, 6) is -0.241. The second kappa shape index (κ2) is 12.0. The summed E-state index contributed by atoms with van der Waals surface area (Å²) >= 11 is 0. The zero-order chi connectivity index (χ0) is 30.9. The lowest BCUT2D eigenvalue weighted by molar-refractivity contribution is 0.0789. The minimum atomic E-state index is -3.93. The molecular weight excluding hydrogens is 569 g/mol. The van der Waals surface area contributed by atoms with Crippen molar-refractivity contribution < 1.29 is 26.8 Å². The van der Waals surface area contributed by atoms with Crippen molar-refractivity contribution in [3.63, 3.8) is 0 Å². The van der Waals surface area contributed by atoms with Crippen LogP contribution in [-0.2, 0) is 10.0 Å². The molecule has 0 N–H and O–H groups in total. The molecule has 1 amide bonds. The fourth-order valence-electron chi connectivity index (χ4n) is 5.53. The number of halogens is 1. The molecule has 4 aromatic rings. The molecule has 222 valence electrons. The molecule has 0 unspecified atom stereocenters. The number of carbonyl (C=O) groups excluding carboxylic acids is 2. The van der Waals surface area contributed by atoms with Crippen LogP contribution in [0.4, 0.5) is 10.1 Å². The molecule has 0 spiro atoms. The van der Waals surface area contributed by atoms with Crippen molar-refractivity contribution in [1.82, 2.24) is 4.90 Å².